The first kappa shape index (κ1) is 24.8. The molecule has 1 aromatic carbocycles. The molecule has 1 aliphatic heterocycles. The summed E-state index contributed by atoms with van der Waals surface area (Å²) < 4.78 is 51.7. The molecule has 13 heteroatoms. The molecule has 0 fully saturated rings. The van der Waals surface area contributed by atoms with E-state index in [0.29, 0.717) is 0 Å². The van der Waals surface area contributed by atoms with Crippen molar-refractivity contribution in [2.75, 3.05) is 9.91 Å². The Kier molecular flexibility index (Phi) is 8.31. The number of hydrogen-bond donors (Lipinski definition) is 0. The average molecular weight is 646 g/mol. The van der Waals surface area contributed by atoms with E-state index >= 15 is 0 Å². The third-order valence-corrected chi connectivity index (χ3v) is 4.01. The number of halogens is 4. The molecule has 0 saturated carbocycles. The summed E-state index contributed by atoms with van der Waals surface area (Å²) in [6.45, 7) is 1.56. The molecule has 0 N–H and O–H groups in total. The molecule has 0 radical (unpaired) electrons. The summed E-state index contributed by atoms with van der Waals surface area (Å²) >= 11 is 0. The standard InChI is InChI=1S/C13H8F2N4.C8H3F2N4.Pt/c14-12-7-6-11(13(15)17-12)19-9-18(8-16-19)10-4-2-1-3-5-10;9-6-2-1-5(7(10)14-6)8-12-3-11-4-13-8;/h1-5,7-9H;2-4H;/q-2;-1;. The van der Waals surface area contributed by atoms with Crippen molar-refractivity contribution in [1.82, 2.24) is 24.9 Å². The van der Waals surface area contributed by atoms with Crippen LogP contribution in [0, 0.1) is 42.6 Å². The minimum absolute atomic E-state index is 0. The van der Waals surface area contributed by atoms with Gasteiger partial charge in [0.1, 0.15) is 30.5 Å². The van der Waals surface area contributed by atoms with Gasteiger partial charge in [-0.05, 0) is 17.8 Å². The van der Waals surface area contributed by atoms with Gasteiger partial charge in [0, 0.05) is 26.8 Å². The first-order chi connectivity index (χ1) is 16.0. The summed E-state index contributed by atoms with van der Waals surface area (Å²) in [5.41, 5.74) is 0.772. The number of pyridine rings is 2. The van der Waals surface area contributed by atoms with Gasteiger partial charge in [0.25, 0.3) is 0 Å². The molecule has 0 bridgehead atoms. The molecule has 0 aliphatic carbocycles. The Bertz CT molecular complexity index is 1260. The molecule has 176 valence electrons. The predicted molar refractivity (Wildman–Crippen MR) is 109 cm³/mol. The van der Waals surface area contributed by atoms with Crippen LogP contribution in [0.2, 0.25) is 0 Å². The number of nitrogens with zero attached hydrogens (tertiary/aromatic N) is 8. The van der Waals surface area contributed by atoms with Crippen LogP contribution in [0.4, 0.5) is 28.9 Å². The van der Waals surface area contributed by atoms with Crippen molar-refractivity contribution in [2.45, 2.75) is 0 Å². The van der Waals surface area contributed by atoms with Gasteiger partial charge >= 0.3 is 0 Å². The van der Waals surface area contributed by atoms with E-state index in [1.54, 1.807) is 11.6 Å². The van der Waals surface area contributed by atoms with Crippen LogP contribution in [0.3, 0.4) is 0 Å². The van der Waals surface area contributed by atoms with Crippen molar-refractivity contribution in [1.29, 1.82) is 0 Å². The molecule has 0 saturated heterocycles. The van der Waals surface area contributed by atoms with Gasteiger partial charge in [-0.25, -0.2) is 13.8 Å². The van der Waals surface area contributed by atoms with Crippen LogP contribution in [0.25, 0.3) is 11.4 Å². The Hall–Kier alpha value is -3.79. The van der Waals surface area contributed by atoms with E-state index in [4.69, 9.17) is 0 Å². The van der Waals surface area contributed by atoms with E-state index in [1.807, 2.05) is 30.3 Å². The van der Waals surface area contributed by atoms with E-state index < -0.39 is 23.8 Å². The molecule has 3 aromatic heterocycles. The number of para-hydroxylation sites is 1. The van der Waals surface area contributed by atoms with Crippen molar-refractivity contribution in [3.8, 4) is 11.4 Å². The molecule has 0 atom stereocenters. The van der Waals surface area contributed by atoms with Crippen molar-refractivity contribution < 1.29 is 38.6 Å². The summed E-state index contributed by atoms with van der Waals surface area (Å²) in [6.07, 6.45) is 3.93. The maximum absolute atomic E-state index is 13.5. The van der Waals surface area contributed by atoms with Crippen LogP contribution in [-0.2, 0) is 21.1 Å². The zero-order valence-corrected chi connectivity index (χ0v) is 19.0. The van der Waals surface area contributed by atoms with Gasteiger partial charge in [-0.2, -0.15) is 11.2 Å². The number of benzene rings is 1. The van der Waals surface area contributed by atoms with E-state index in [2.05, 4.69) is 42.2 Å². The first-order valence-corrected chi connectivity index (χ1v) is 9.13. The third-order valence-electron chi connectivity index (χ3n) is 4.01. The third kappa shape index (κ3) is 5.96. The number of anilines is 2. The minimum atomic E-state index is -0.990. The largest absolute Gasteiger partial charge is 0.463 e. The smallest absolute Gasteiger partial charge is 0.130 e. The van der Waals surface area contributed by atoms with Crippen LogP contribution < -0.4 is 9.91 Å². The van der Waals surface area contributed by atoms with Crippen molar-refractivity contribution in [2.24, 2.45) is 5.10 Å². The predicted octanol–water partition coefficient (Wildman–Crippen LogP) is 3.56. The molecule has 4 heterocycles. The van der Waals surface area contributed by atoms with Crippen LogP contribution in [0.15, 0.2) is 60.2 Å². The Labute approximate surface area is 205 Å². The fraction of sp³-hybridized carbons (Fsp3) is 0. The van der Waals surface area contributed by atoms with Crippen LogP contribution in [-0.4, -0.2) is 31.3 Å². The van der Waals surface area contributed by atoms with Gasteiger partial charge in [0.15, 0.2) is 0 Å². The van der Waals surface area contributed by atoms with Gasteiger partial charge in [0.2, 0.25) is 0 Å². The van der Waals surface area contributed by atoms with E-state index in [-0.39, 0.29) is 38.1 Å². The van der Waals surface area contributed by atoms with Crippen LogP contribution >= 0.6 is 0 Å². The first-order valence-electron chi connectivity index (χ1n) is 9.13. The van der Waals surface area contributed by atoms with Crippen LogP contribution in [0.5, 0.6) is 0 Å². The van der Waals surface area contributed by atoms with E-state index in [9.17, 15) is 17.6 Å². The van der Waals surface area contributed by atoms with E-state index in [1.165, 1.54) is 24.0 Å². The summed E-state index contributed by atoms with van der Waals surface area (Å²) in [6, 6.07) is 16.1. The quantitative estimate of drug-likeness (QED) is 0.191. The Morgan fingerprint density at radius 1 is 0.824 bits per heavy atom. The number of aromatic nitrogens is 5. The summed E-state index contributed by atoms with van der Waals surface area (Å²) in [5.74, 6) is -3.71. The Morgan fingerprint density at radius 2 is 1.47 bits per heavy atom. The second-order valence-corrected chi connectivity index (χ2v) is 6.15. The summed E-state index contributed by atoms with van der Waals surface area (Å²) in [4.78, 5) is 18.7. The Morgan fingerprint density at radius 3 is 2.12 bits per heavy atom. The number of hydrogen-bond acceptors (Lipinski definition) is 8. The molecule has 34 heavy (non-hydrogen) atoms. The second kappa shape index (κ2) is 11.4. The molecule has 0 unspecified atom stereocenters. The van der Waals surface area contributed by atoms with Gasteiger partial charge in [-0.1, -0.05) is 29.8 Å². The minimum Gasteiger partial charge on any atom is -0.463 e. The fourth-order valence-electron chi connectivity index (χ4n) is 2.56. The number of hydrazone groups is 1. The van der Waals surface area contributed by atoms with Crippen molar-refractivity contribution >= 4 is 17.7 Å². The molecule has 8 nitrogen and oxygen atoms in total. The maximum Gasteiger partial charge on any atom is 0.130 e. The van der Waals surface area contributed by atoms with Gasteiger partial charge < -0.3 is 14.9 Å². The summed E-state index contributed by atoms with van der Waals surface area (Å²) in [7, 11) is 0. The zero-order valence-electron chi connectivity index (χ0n) is 16.8. The molecule has 1 aliphatic rings. The van der Waals surface area contributed by atoms with Gasteiger partial charge in [0.05, 0.1) is 18.1 Å². The van der Waals surface area contributed by atoms with Crippen LogP contribution in [0.1, 0.15) is 0 Å². The van der Waals surface area contributed by atoms with Gasteiger partial charge in [-0.3, -0.25) is 23.7 Å². The molecule has 0 amide bonds. The average Bonchev–Trinajstić information content (AvgIpc) is 3.31. The zero-order chi connectivity index (χ0) is 23.2. The maximum atomic E-state index is 13.5. The van der Waals surface area contributed by atoms with E-state index in [0.717, 1.165) is 17.8 Å². The molecule has 0 spiro atoms. The molecule has 4 aromatic rings. The van der Waals surface area contributed by atoms with Crippen molar-refractivity contribution in [3.63, 3.8) is 0 Å². The van der Waals surface area contributed by atoms with Crippen molar-refractivity contribution in [3.05, 3.63) is 97.7 Å². The normalized spacial score (nSPS) is 12.1. The Balaban J connectivity index is 0.000000193. The monoisotopic (exact) mass is 646 g/mol. The summed E-state index contributed by atoms with van der Waals surface area (Å²) in [5, 5.41) is 5.24. The molecular formula is C21H11F4N8Pt-3. The molecular weight excluding hydrogens is 635 g/mol. The second-order valence-electron chi connectivity index (χ2n) is 6.15. The van der Waals surface area contributed by atoms with Gasteiger partial charge in [-0.15, -0.1) is 18.8 Å². The number of rotatable bonds is 3. The SMILES string of the molecule is Fc1c[c-]c(-c2ncncn2)c(F)n1.Fc1c[c-]c(N2[CH-]N(c3ccccc3)C=N2)c(F)n1.[Pt]. The molecule has 5 rings (SSSR count). The topological polar surface area (TPSA) is 83.3 Å². The fourth-order valence-corrected chi connectivity index (χ4v) is 2.56.